The first-order chi connectivity index (χ1) is 9.51. The van der Waals surface area contributed by atoms with Crippen LogP contribution in [0.4, 0.5) is 0 Å². The molecule has 0 saturated carbocycles. The Kier molecular flexibility index (Phi) is 4.46. The number of halogens is 1. The van der Waals surface area contributed by atoms with Crippen LogP contribution in [0, 0.1) is 6.92 Å². The summed E-state index contributed by atoms with van der Waals surface area (Å²) < 4.78 is 0.978. The molecule has 1 atom stereocenters. The molecule has 1 aromatic carbocycles. The first-order valence-electron chi connectivity index (χ1n) is 6.03. The number of likely N-dealkylation sites (N-methyl/N-ethyl adjacent to an activating group) is 1. The number of benzene rings is 1. The number of hydrogen-bond donors (Lipinski definition) is 2. The highest BCUT2D eigenvalue weighted by atomic mass is 79.9. The lowest BCUT2D eigenvalue weighted by molar-refractivity contribution is -0.139. The van der Waals surface area contributed by atoms with Crippen molar-refractivity contribution in [2.75, 3.05) is 7.05 Å². The second kappa shape index (κ2) is 6.11. The van der Waals surface area contributed by atoms with E-state index in [1.54, 1.807) is 7.05 Å². The molecular weight excluding hydrogens is 322 g/mol. The highest BCUT2D eigenvalue weighted by Gasteiger charge is 2.21. The zero-order chi connectivity index (χ0) is 14.7. The van der Waals surface area contributed by atoms with E-state index in [0.29, 0.717) is 5.69 Å². The number of rotatable bonds is 4. The van der Waals surface area contributed by atoms with Gasteiger partial charge in [-0.05, 0) is 32.2 Å². The summed E-state index contributed by atoms with van der Waals surface area (Å²) in [6.45, 7) is 1.82. The molecule has 0 radical (unpaired) electrons. The van der Waals surface area contributed by atoms with Gasteiger partial charge in [-0.3, -0.25) is 4.79 Å². The average Bonchev–Trinajstić information content (AvgIpc) is 2.39. The summed E-state index contributed by atoms with van der Waals surface area (Å²) in [6, 6.07) is 8.60. The molecule has 0 aliphatic heterocycles. The van der Waals surface area contributed by atoms with E-state index in [9.17, 15) is 4.79 Å². The normalized spacial score (nSPS) is 12.2. The average molecular weight is 336 g/mol. The van der Waals surface area contributed by atoms with Gasteiger partial charge in [0.1, 0.15) is 0 Å². The van der Waals surface area contributed by atoms with Gasteiger partial charge in [0.2, 0.25) is 0 Å². The van der Waals surface area contributed by atoms with E-state index in [1.807, 2.05) is 37.3 Å². The molecule has 0 spiro atoms. The monoisotopic (exact) mass is 335 g/mol. The molecule has 0 aliphatic carbocycles. The van der Waals surface area contributed by atoms with E-state index in [0.717, 1.165) is 15.7 Å². The van der Waals surface area contributed by atoms with Gasteiger partial charge in [-0.1, -0.05) is 28.1 Å². The van der Waals surface area contributed by atoms with Gasteiger partial charge in [-0.15, -0.1) is 0 Å². The standard InChI is InChI=1S/C14H14BrN3O2/c1-8-7-11(9-3-5-10(15)6-4-9)18-13(17-8)12(16-2)14(19)20/h3-7,12,16H,1-2H3,(H,19,20). The third-order valence-electron chi connectivity index (χ3n) is 2.81. The van der Waals surface area contributed by atoms with Gasteiger partial charge in [-0.2, -0.15) is 0 Å². The lowest BCUT2D eigenvalue weighted by atomic mass is 10.1. The summed E-state index contributed by atoms with van der Waals surface area (Å²) in [5, 5.41) is 11.9. The van der Waals surface area contributed by atoms with Crippen LogP contribution in [0.25, 0.3) is 11.3 Å². The van der Waals surface area contributed by atoms with E-state index in [2.05, 4.69) is 31.2 Å². The molecular formula is C14H14BrN3O2. The Balaban J connectivity index is 2.48. The van der Waals surface area contributed by atoms with Crippen molar-refractivity contribution in [2.24, 2.45) is 0 Å². The zero-order valence-corrected chi connectivity index (χ0v) is 12.7. The minimum absolute atomic E-state index is 0.262. The van der Waals surface area contributed by atoms with Crippen LogP contribution in [0.1, 0.15) is 17.6 Å². The molecule has 0 saturated heterocycles. The van der Waals surface area contributed by atoms with Gasteiger partial charge in [0.05, 0.1) is 5.69 Å². The number of carboxylic acids is 1. The van der Waals surface area contributed by atoms with Gasteiger partial charge < -0.3 is 10.4 Å². The van der Waals surface area contributed by atoms with Crippen LogP contribution < -0.4 is 5.32 Å². The number of aryl methyl sites for hydroxylation is 1. The first-order valence-corrected chi connectivity index (χ1v) is 6.82. The summed E-state index contributed by atoms with van der Waals surface area (Å²) in [6.07, 6.45) is 0. The fourth-order valence-electron chi connectivity index (χ4n) is 1.85. The minimum atomic E-state index is -1.00. The maximum Gasteiger partial charge on any atom is 0.328 e. The molecule has 0 fully saturated rings. The van der Waals surface area contributed by atoms with Crippen LogP contribution in [0.3, 0.4) is 0 Å². The summed E-state index contributed by atoms with van der Waals surface area (Å²) in [7, 11) is 1.57. The number of aromatic nitrogens is 2. The molecule has 5 nitrogen and oxygen atoms in total. The van der Waals surface area contributed by atoms with Crippen molar-refractivity contribution < 1.29 is 9.90 Å². The summed E-state index contributed by atoms with van der Waals surface area (Å²) >= 11 is 3.38. The summed E-state index contributed by atoms with van der Waals surface area (Å²) in [5.74, 6) is -0.738. The second-order valence-electron chi connectivity index (χ2n) is 4.32. The molecule has 104 valence electrons. The van der Waals surface area contributed by atoms with Crippen LogP contribution in [-0.2, 0) is 4.79 Å². The quantitative estimate of drug-likeness (QED) is 0.898. The van der Waals surface area contributed by atoms with Crippen molar-refractivity contribution in [3.63, 3.8) is 0 Å². The molecule has 1 heterocycles. The van der Waals surface area contributed by atoms with Crippen molar-refractivity contribution in [3.05, 3.63) is 46.3 Å². The lowest BCUT2D eigenvalue weighted by Crippen LogP contribution is -2.27. The van der Waals surface area contributed by atoms with E-state index >= 15 is 0 Å². The Labute approximate surface area is 125 Å². The molecule has 0 bridgehead atoms. The van der Waals surface area contributed by atoms with Crippen LogP contribution >= 0.6 is 15.9 Å². The molecule has 1 unspecified atom stereocenters. The Morgan fingerprint density at radius 1 is 1.30 bits per heavy atom. The van der Waals surface area contributed by atoms with Crippen LogP contribution in [0.15, 0.2) is 34.8 Å². The second-order valence-corrected chi connectivity index (χ2v) is 5.24. The van der Waals surface area contributed by atoms with Crippen molar-refractivity contribution in [2.45, 2.75) is 13.0 Å². The van der Waals surface area contributed by atoms with Gasteiger partial charge in [0.15, 0.2) is 11.9 Å². The largest absolute Gasteiger partial charge is 0.480 e. The number of hydrogen-bond acceptors (Lipinski definition) is 4. The molecule has 0 aliphatic rings. The molecule has 1 aromatic heterocycles. The number of nitrogens with zero attached hydrogens (tertiary/aromatic N) is 2. The number of carboxylic acid groups (broad SMARTS) is 1. The molecule has 2 N–H and O–H groups in total. The lowest BCUT2D eigenvalue weighted by Gasteiger charge is -2.12. The van der Waals surface area contributed by atoms with Crippen LogP contribution in [-0.4, -0.2) is 28.1 Å². The number of carbonyl (C=O) groups is 1. The van der Waals surface area contributed by atoms with E-state index in [1.165, 1.54) is 0 Å². The Hall–Kier alpha value is -1.79. The molecule has 2 rings (SSSR count). The number of aliphatic carboxylic acids is 1. The van der Waals surface area contributed by atoms with Gasteiger partial charge in [0.25, 0.3) is 0 Å². The maximum absolute atomic E-state index is 11.2. The number of nitrogens with one attached hydrogen (secondary N) is 1. The molecule has 20 heavy (non-hydrogen) atoms. The molecule has 0 amide bonds. The van der Waals surface area contributed by atoms with E-state index in [4.69, 9.17) is 5.11 Å². The van der Waals surface area contributed by atoms with Crippen molar-refractivity contribution >= 4 is 21.9 Å². The Bertz CT molecular complexity index is 629. The van der Waals surface area contributed by atoms with Crippen molar-refractivity contribution in [1.82, 2.24) is 15.3 Å². The van der Waals surface area contributed by atoms with Crippen molar-refractivity contribution in [1.29, 1.82) is 0 Å². The third kappa shape index (κ3) is 3.20. The van der Waals surface area contributed by atoms with Crippen LogP contribution in [0.2, 0.25) is 0 Å². The van der Waals surface area contributed by atoms with Gasteiger partial charge in [-0.25, -0.2) is 9.97 Å². The highest BCUT2D eigenvalue weighted by Crippen LogP contribution is 2.22. The van der Waals surface area contributed by atoms with E-state index in [-0.39, 0.29) is 5.82 Å². The topological polar surface area (TPSA) is 75.1 Å². The molecule has 2 aromatic rings. The molecule has 6 heteroatoms. The summed E-state index contributed by atoms with van der Waals surface area (Å²) in [5.41, 5.74) is 2.36. The predicted molar refractivity (Wildman–Crippen MR) is 79.3 cm³/mol. The Morgan fingerprint density at radius 2 is 1.95 bits per heavy atom. The highest BCUT2D eigenvalue weighted by molar-refractivity contribution is 9.10. The first kappa shape index (κ1) is 14.6. The van der Waals surface area contributed by atoms with Gasteiger partial charge >= 0.3 is 5.97 Å². The SMILES string of the molecule is CNC(C(=O)O)c1nc(C)cc(-c2ccc(Br)cc2)n1. The van der Waals surface area contributed by atoms with Gasteiger partial charge in [0, 0.05) is 15.7 Å². The van der Waals surface area contributed by atoms with E-state index < -0.39 is 12.0 Å². The van der Waals surface area contributed by atoms with Crippen molar-refractivity contribution in [3.8, 4) is 11.3 Å². The summed E-state index contributed by atoms with van der Waals surface area (Å²) in [4.78, 5) is 19.7. The fraction of sp³-hybridized carbons (Fsp3) is 0.214. The zero-order valence-electron chi connectivity index (χ0n) is 11.1. The smallest absolute Gasteiger partial charge is 0.328 e. The predicted octanol–water partition coefficient (Wildman–Crippen LogP) is 2.56. The fourth-order valence-corrected chi connectivity index (χ4v) is 2.12. The minimum Gasteiger partial charge on any atom is -0.480 e. The maximum atomic E-state index is 11.2. The third-order valence-corrected chi connectivity index (χ3v) is 3.33. The Morgan fingerprint density at radius 3 is 2.50 bits per heavy atom. The van der Waals surface area contributed by atoms with Crippen LogP contribution in [0.5, 0.6) is 0 Å².